The summed E-state index contributed by atoms with van der Waals surface area (Å²) in [4.78, 5) is 0. The first-order chi connectivity index (χ1) is 10.1. The van der Waals surface area contributed by atoms with Gasteiger partial charge >= 0.3 is 0 Å². The van der Waals surface area contributed by atoms with Gasteiger partial charge in [0.2, 0.25) is 5.88 Å². The maximum Gasteiger partial charge on any atom is 0.230 e. The summed E-state index contributed by atoms with van der Waals surface area (Å²) in [5, 5.41) is 3.97. The Labute approximate surface area is 129 Å². The van der Waals surface area contributed by atoms with Crippen molar-refractivity contribution in [2.75, 3.05) is 5.73 Å². The summed E-state index contributed by atoms with van der Waals surface area (Å²) in [6.07, 6.45) is 0. The number of nitrogen functional groups attached to an aromatic ring is 1. The minimum atomic E-state index is -0.357. The number of hydrogen-bond donors (Lipinski definition) is 1. The molecule has 0 aliphatic rings. The zero-order valence-corrected chi connectivity index (χ0v) is 12.8. The lowest BCUT2D eigenvalue weighted by molar-refractivity contribution is 0.439. The van der Waals surface area contributed by atoms with Gasteiger partial charge in [0, 0.05) is 5.56 Å². The predicted molar refractivity (Wildman–Crippen MR) is 84.2 cm³/mol. The van der Waals surface area contributed by atoms with Crippen molar-refractivity contribution >= 4 is 21.8 Å². The fraction of sp³-hybridized carbons (Fsp3) is 0.0625. The summed E-state index contributed by atoms with van der Waals surface area (Å²) in [5.41, 5.74) is 9.74. The van der Waals surface area contributed by atoms with E-state index < -0.39 is 0 Å². The number of halogens is 2. The van der Waals surface area contributed by atoms with E-state index in [1.807, 2.05) is 31.2 Å². The molecule has 2 aromatic carbocycles. The highest BCUT2D eigenvalue weighted by Crippen LogP contribution is 2.37. The first-order valence-electron chi connectivity index (χ1n) is 6.34. The zero-order chi connectivity index (χ0) is 15.0. The van der Waals surface area contributed by atoms with E-state index in [9.17, 15) is 4.39 Å². The van der Waals surface area contributed by atoms with Gasteiger partial charge in [-0.15, -0.1) is 0 Å². The van der Waals surface area contributed by atoms with E-state index in [0.717, 1.165) is 11.1 Å². The van der Waals surface area contributed by atoms with Crippen LogP contribution in [0.25, 0.3) is 22.4 Å². The minimum absolute atomic E-state index is 0.220. The maximum absolute atomic E-state index is 13.7. The van der Waals surface area contributed by atoms with E-state index in [4.69, 9.17) is 10.3 Å². The van der Waals surface area contributed by atoms with Crippen LogP contribution in [0.2, 0.25) is 0 Å². The quantitative estimate of drug-likeness (QED) is 0.724. The molecule has 0 spiro atoms. The van der Waals surface area contributed by atoms with Crippen LogP contribution in [0.15, 0.2) is 51.5 Å². The highest BCUT2D eigenvalue weighted by molar-refractivity contribution is 9.10. The van der Waals surface area contributed by atoms with Gasteiger partial charge in [-0.25, -0.2) is 4.39 Å². The summed E-state index contributed by atoms with van der Waals surface area (Å²) < 4.78 is 19.2. The van der Waals surface area contributed by atoms with Gasteiger partial charge in [0.05, 0.1) is 10.0 Å². The Balaban J connectivity index is 2.16. The smallest absolute Gasteiger partial charge is 0.230 e. The molecular weight excluding hydrogens is 335 g/mol. The monoisotopic (exact) mass is 346 g/mol. The lowest BCUT2D eigenvalue weighted by Gasteiger charge is -2.04. The standard InChI is InChI=1S/C16H12BrFN2O/c1-9-2-4-10(5-3-9)14-15(20-21-16(14)19)11-6-7-12(17)13(18)8-11/h2-8H,19H2,1H3. The molecule has 0 aliphatic carbocycles. The third-order valence-electron chi connectivity index (χ3n) is 3.25. The Bertz CT molecular complexity index is 797. The van der Waals surface area contributed by atoms with Gasteiger partial charge in [-0.2, -0.15) is 0 Å². The molecule has 0 unspecified atom stereocenters. The molecule has 0 atom stereocenters. The number of nitrogens with two attached hydrogens (primary N) is 1. The average Bonchev–Trinajstić information content (AvgIpc) is 2.85. The largest absolute Gasteiger partial charge is 0.367 e. The molecule has 1 heterocycles. The number of hydrogen-bond acceptors (Lipinski definition) is 3. The van der Waals surface area contributed by atoms with Crippen molar-refractivity contribution < 1.29 is 8.91 Å². The Morgan fingerprint density at radius 2 is 1.76 bits per heavy atom. The van der Waals surface area contributed by atoms with Crippen molar-refractivity contribution in [1.82, 2.24) is 5.16 Å². The molecule has 0 amide bonds. The van der Waals surface area contributed by atoms with Gasteiger partial charge < -0.3 is 10.3 Å². The lowest BCUT2D eigenvalue weighted by atomic mass is 10.00. The minimum Gasteiger partial charge on any atom is -0.367 e. The highest BCUT2D eigenvalue weighted by atomic mass is 79.9. The normalized spacial score (nSPS) is 10.8. The van der Waals surface area contributed by atoms with E-state index >= 15 is 0 Å². The van der Waals surface area contributed by atoms with Crippen LogP contribution < -0.4 is 5.73 Å². The van der Waals surface area contributed by atoms with Gasteiger partial charge in [-0.3, -0.25) is 0 Å². The van der Waals surface area contributed by atoms with Crippen LogP contribution in [-0.2, 0) is 0 Å². The average molecular weight is 347 g/mol. The molecule has 0 fully saturated rings. The Morgan fingerprint density at radius 3 is 2.43 bits per heavy atom. The lowest BCUT2D eigenvalue weighted by Crippen LogP contribution is -1.89. The second-order valence-electron chi connectivity index (χ2n) is 4.77. The van der Waals surface area contributed by atoms with Gasteiger partial charge in [0.15, 0.2) is 0 Å². The van der Waals surface area contributed by atoms with Crippen molar-refractivity contribution in [3.63, 3.8) is 0 Å². The summed E-state index contributed by atoms with van der Waals surface area (Å²) in [7, 11) is 0. The summed E-state index contributed by atoms with van der Waals surface area (Å²) >= 11 is 3.13. The van der Waals surface area contributed by atoms with Crippen LogP contribution >= 0.6 is 15.9 Å². The van der Waals surface area contributed by atoms with E-state index in [1.54, 1.807) is 12.1 Å². The molecule has 3 rings (SSSR count). The summed E-state index contributed by atoms with van der Waals surface area (Å²) in [6, 6.07) is 12.6. The first kappa shape index (κ1) is 13.8. The Kier molecular flexibility index (Phi) is 3.51. The van der Waals surface area contributed by atoms with Crippen molar-refractivity contribution in [1.29, 1.82) is 0 Å². The van der Waals surface area contributed by atoms with Crippen LogP contribution in [0.5, 0.6) is 0 Å². The molecule has 106 valence electrons. The number of aromatic nitrogens is 1. The van der Waals surface area contributed by atoms with Crippen molar-refractivity contribution in [3.05, 3.63) is 58.3 Å². The molecule has 5 heteroatoms. The summed E-state index contributed by atoms with van der Waals surface area (Å²) in [6.45, 7) is 2.01. The van der Waals surface area contributed by atoms with Crippen LogP contribution in [0.1, 0.15) is 5.56 Å². The van der Waals surface area contributed by atoms with Crippen molar-refractivity contribution in [3.8, 4) is 22.4 Å². The topological polar surface area (TPSA) is 52.0 Å². The van der Waals surface area contributed by atoms with E-state index in [1.165, 1.54) is 6.07 Å². The number of nitrogens with zero attached hydrogens (tertiary/aromatic N) is 1. The van der Waals surface area contributed by atoms with E-state index in [-0.39, 0.29) is 11.7 Å². The summed E-state index contributed by atoms with van der Waals surface area (Å²) in [5.74, 6) is -0.138. The molecule has 0 aliphatic heterocycles. The SMILES string of the molecule is Cc1ccc(-c2c(-c3ccc(Br)c(F)c3)noc2N)cc1. The van der Waals surface area contributed by atoms with Gasteiger partial charge in [0.1, 0.15) is 11.5 Å². The third-order valence-corrected chi connectivity index (χ3v) is 3.89. The van der Waals surface area contributed by atoms with Gasteiger partial charge in [-0.1, -0.05) is 41.1 Å². The Morgan fingerprint density at radius 1 is 1.10 bits per heavy atom. The molecular formula is C16H12BrFN2O. The fourth-order valence-corrected chi connectivity index (χ4v) is 2.39. The van der Waals surface area contributed by atoms with Gasteiger partial charge in [-0.05, 0) is 40.5 Å². The molecule has 1 aromatic heterocycles. The number of rotatable bonds is 2. The van der Waals surface area contributed by atoms with Crippen molar-refractivity contribution in [2.24, 2.45) is 0 Å². The molecule has 3 aromatic rings. The molecule has 21 heavy (non-hydrogen) atoms. The van der Waals surface area contributed by atoms with Crippen LogP contribution in [0.4, 0.5) is 10.3 Å². The number of anilines is 1. The Hall–Kier alpha value is -2.14. The predicted octanol–water partition coefficient (Wildman–Crippen LogP) is 4.80. The molecule has 0 radical (unpaired) electrons. The molecule has 0 saturated carbocycles. The maximum atomic E-state index is 13.7. The molecule has 0 saturated heterocycles. The first-order valence-corrected chi connectivity index (χ1v) is 7.13. The van der Waals surface area contributed by atoms with Crippen LogP contribution in [0, 0.1) is 12.7 Å². The fourth-order valence-electron chi connectivity index (χ4n) is 2.14. The number of aryl methyl sites for hydroxylation is 1. The molecule has 2 N–H and O–H groups in total. The van der Waals surface area contributed by atoms with Crippen molar-refractivity contribution in [2.45, 2.75) is 6.92 Å². The van der Waals surface area contributed by atoms with E-state index in [2.05, 4.69) is 21.1 Å². The molecule has 3 nitrogen and oxygen atoms in total. The van der Waals surface area contributed by atoms with Gasteiger partial charge in [0.25, 0.3) is 0 Å². The van der Waals surface area contributed by atoms with E-state index in [0.29, 0.717) is 21.3 Å². The second kappa shape index (κ2) is 5.33. The zero-order valence-electron chi connectivity index (χ0n) is 11.2. The third kappa shape index (κ3) is 2.56. The van der Waals surface area contributed by atoms with Crippen LogP contribution in [-0.4, -0.2) is 5.16 Å². The number of benzene rings is 2. The molecule has 0 bridgehead atoms. The van der Waals surface area contributed by atoms with Crippen LogP contribution in [0.3, 0.4) is 0 Å². The second-order valence-corrected chi connectivity index (χ2v) is 5.62. The highest BCUT2D eigenvalue weighted by Gasteiger charge is 2.18.